The third kappa shape index (κ3) is 3.31. The second-order valence-corrected chi connectivity index (χ2v) is 7.00. The number of carbonyl (C=O) groups is 1. The van der Waals surface area contributed by atoms with Crippen molar-refractivity contribution in [1.82, 2.24) is 14.7 Å². The fourth-order valence-electron chi connectivity index (χ4n) is 2.73. The van der Waals surface area contributed by atoms with E-state index in [2.05, 4.69) is 5.10 Å². The number of hydrogen-bond donors (Lipinski definition) is 0. The van der Waals surface area contributed by atoms with Crippen LogP contribution < -0.4 is 0 Å². The van der Waals surface area contributed by atoms with E-state index in [0.29, 0.717) is 16.3 Å². The minimum Gasteiger partial charge on any atom is -0.330 e. The maximum absolute atomic E-state index is 14.1. The maximum Gasteiger partial charge on any atom is 0.272 e. The SMILES string of the molecule is CC(C)c1cc(C(=O)N(Cc2c(F)cccc2Cl)C2CC2)n(C)n1. The average molecular weight is 350 g/mol. The molecule has 6 heteroatoms. The van der Waals surface area contributed by atoms with Crippen LogP contribution in [0.1, 0.15) is 54.4 Å². The van der Waals surface area contributed by atoms with Gasteiger partial charge in [0.15, 0.2) is 0 Å². The Morgan fingerprint density at radius 2 is 2.17 bits per heavy atom. The van der Waals surface area contributed by atoms with Crippen LogP contribution in [0.5, 0.6) is 0 Å². The lowest BCUT2D eigenvalue weighted by molar-refractivity contribution is 0.0717. The van der Waals surface area contributed by atoms with Gasteiger partial charge in [-0.05, 0) is 37.0 Å². The van der Waals surface area contributed by atoms with Crippen molar-refractivity contribution < 1.29 is 9.18 Å². The van der Waals surface area contributed by atoms with Gasteiger partial charge in [0, 0.05) is 23.7 Å². The first kappa shape index (κ1) is 17.0. The number of carbonyl (C=O) groups excluding carboxylic acids is 1. The zero-order valence-electron chi connectivity index (χ0n) is 14.1. The summed E-state index contributed by atoms with van der Waals surface area (Å²) in [5.74, 6) is -0.263. The number of aromatic nitrogens is 2. The molecule has 0 spiro atoms. The number of amides is 1. The van der Waals surface area contributed by atoms with Crippen molar-refractivity contribution in [3.63, 3.8) is 0 Å². The summed E-state index contributed by atoms with van der Waals surface area (Å²) in [6, 6.07) is 6.56. The van der Waals surface area contributed by atoms with Crippen molar-refractivity contribution in [3.8, 4) is 0 Å². The first-order valence-electron chi connectivity index (χ1n) is 8.16. The van der Waals surface area contributed by atoms with E-state index in [-0.39, 0.29) is 30.2 Å². The molecule has 1 aliphatic carbocycles. The van der Waals surface area contributed by atoms with Crippen molar-refractivity contribution in [3.05, 3.63) is 52.1 Å². The van der Waals surface area contributed by atoms with Gasteiger partial charge in [0.1, 0.15) is 11.5 Å². The van der Waals surface area contributed by atoms with Gasteiger partial charge in [-0.15, -0.1) is 0 Å². The molecule has 1 aromatic heterocycles. The first-order chi connectivity index (χ1) is 11.4. The van der Waals surface area contributed by atoms with Gasteiger partial charge in [-0.25, -0.2) is 4.39 Å². The molecule has 0 unspecified atom stereocenters. The molecule has 0 atom stereocenters. The van der Waals surface area contributed by atoms with Gasteiger partial charge in [0.25, 0.3) is 5.91 Å². The highest BCUT2D eigenvalue weighted by Gasteiger charge is 2.35. The molecule has 1 saturated carbocycles. The van der Waals surface area contributed by atoms with Gasteiger partial charge in [0.05, 0.1) is 12.2 Å². The fourth-order valence-corrected chi connectivity index (χ4v) is 2.95. The molecule has 0 bridgehead atoms. The Bertz CT molecular complexity index is 747. The lowest BCUT2D eigenvalue weighted by Gasteiger charge is -2.23. The van der Waals surface area contributed by atoms with Crippen LogP contribution in [0.25, 0.3) is 0 Å². The molecule has 1 heterocycles. The minimum atomic E-state index is -0.381. The summed E-state index contributed by atoms with van der Waals surface area (Å²) in [7, 11) is 1.76. The topological polar surface area (TPSA) is 38.1 Å². The van der Waals surface area contributed by atoms with Crippen LogP contribution in [0.4, 0.5) is 4.39 Å². The minimum absolute atomic E-state index is 0.126. The van der Waals surface area contributed by atoms with Crippen LogP contribution in [0.2, 0.25) is 5.02 Å². The molecule has 0 aliphatic heterocycles. The Kier molecular flexibility index (Phi) is 4.63. The van der Waals surface area contributed by atoms with Crippen LogP contribution >= 0.6 is 11.6 Å². The summed E-state index contributed by atoms with van der Waals surface area (Å²) >= 11 is 6.13. The zero-order chi connectivity index (χ0) is 17.4. The predicted octanol–water partition coefficient (Wildman–Crippen LogP) is 4.14. The van der Waals surface area contributed by atoms with Crippen molar-refractivity contribution in [2.45, 2.75) is 45.2 Å². The van der Waals surface area contributed by atoms with E-state index in [1.54, 1.807) is 28.8 Å². The highest BCUT2D eigenvalue weighted by molar-refractivity contribution is 6.31. The third-order valence-electron chi connectivity index (χ3n) is 4.35. The highest BCUT2D eigenvalue weighted by atomic mass is 35.5. The van der Waals surface area contributed by atoms with E-state index in [1.807, 2.05) is 19.9 Å². The normalized spacial score (nSPS) is 14.2. The second-order valence-electron chi connectivity index (χ2n) is 6.60. The smallest absolute Gasteiger partial charge is 0.272 e. The van der Waals surface area contributed by atoms with Crippen LogP contribution in [0, 0.1) is 5.82 Å². The molecule has 1 aromatic carbocycles. The molecule has 3 rings (SSSR count). The van der Waals surface area contributed by atoms with Gasteiger partial charge in [-0.2, -0.15) is 5.10 Å². The Morgan fingerprint density at radius 1 is 1.46 bits per heavy atom. The van der Waals surface area contributed by atoms with Crippen molar-refractivity contribution >= 4 is 17.5 Å². The fraction of sp³-hybridized carbons (Fsp3) is 0.444. The third-order valence-corrected chi connectivity index (χ3v) is 4.70. The molecule has 4 nitrogen and oxygen atoms in total. The molecule has 0 saturated heterocycles. The molecule has 2 aromatic rings. The molecule has 0 N–H and O–H groups in total. The summed E-state index contributed by atoms with van der Waals surface area (Å²) in [6.45, 7) is 4.25. The molecule has 24 heavy (non-hydrogen) atoms. The van der Waals surface area contributed by atoms with Crippen molar-refractivity contribution in [2.75, 3.05) is 0 Å². The number of hydrogen-bond acceptors (Lipinski definition) is 2. The quantitative estimate of drug-likeness (QED) is 0.813. The second kappa shape index (κ2) is 6.55. The Hall–Kier alpha value is -1.88. The van der Waals surface area contributed by atoms with Gasteiger partial charge in [0.2, 0.25) is 0 Å². The number of halogens is 2. The molecular formula is C18H21ClFN3O. The number of aryl methyl sites for hydroxylation is 1. The Balaban J connectivity index is 1.90. The van der Waals surface area contributed by atoms with Gasteiger partial charge >= 0.3 is 0 Å². The summed E-state index contributed by atoms with van der Waals surface area (Å²) < 4.78 is 15.7. The maximum atomic E-state index is 14.1. The van der Waals surface area contributed by atoms with E-state index >= 15 is 0 Å². The first-order valence-corrected chi connectivity index (χ1v) is 8.54. The Morgan fingerprint density at radius 3 is 2.71 bits per heavy atom. The van der Waals surface area contributed by atoms with Crippen molar-refractivity contribution in [2.24, 2.45) is 7.05 Å². The monoisotopic (exact) mass is 349 g/mol. The van der Waals surface area contributed by atoms with Gasteiger partial charge < -0.3 is 4.90 Å². The largest absolute Gasteiger partial charge is 0.330 e. The van der Waals surface area contributed by atoms with E-state index in [4.69, 9.17) is 11.6 Å². The number of benzene rings is 1. The Labute approximate surface area is 146 Å². The van der Waals surface area contributed by atoms with Crippen LogP contribution in [-0.2, 0) is 13.6 Å². The predicted molar refractivity (Wildman–Crippen MR) is 91.6 cm³/mol. The van der Waals surface area contributed by atoms with Crippen LogP contribution in [0.15, 0.2) is 24.3 Å². The van der Waals surface area contributed by atoms with Crippen LogP contribution in [-0.4, -0.2) is 26.6 Å². The van der Waals surface area contributed by atoms with E-state index in [0.717, 1.165) is 18.5 Å². The van der Waals surface area contributed by atoms with Gasteiger partial charge in [-0.1, -0.05) is 31.5 Å². The van der Waals surface area contributed by atoms with E-state index < -0.39 is 0 Å². The summed E-state index contributed by atoms with van der Waals surface area (Å²) in [5, 5.41) is 4.75. The highest BCUT2D eigenvalue weighted by Crippen LogP contribution is 2.32. The van der Waals surface area contributed by atoms with Crippen LogP contribution in [0.3, 0.4) is 0 Å². The molecular weight excluding hydrogens is 329 g/mol. The zero-order valence-corrected chi connectivity index (χ0v) is 14.8. The lowest BCUT2D eigenvalue weighted by atomic mass is 10.1. The molecule has 0 radical (unpaired) electrons. The lowest BCUT2D eigenvalue weighted by Crippen LogP contribution is -2.34. The van der Waals surface area contributed by atoms with E-state index in [1.165, 1.54) is 6.07 Å². The number of nitrogens with zero attached hydrogens (tertiary/aromatic N) is 3. The average Bonchev–Trinajstić information content (AvgIpc) is 3.28. The number of rotatable bonds is 5. The summed E-state index contributed by atoms with van der Waals surface area (Å²) in [6.07, 6.45) is 1.87. The molecule has 1 amide bonds. The van der Waals surface area contributed by atoms with Gasteiger partial charge in [-0.3, -0.25) is 9.48 Å². The van der Waals surface area contributed by atoms with Crippen molar-refractivity contribution in [1.29, 1.82) is 0 Å². The summed E-state index contributed by atoms with van der Waals surface area (Å²) in [4.78, 5) is 14.7. The molecule has 1 fully saturated rings. The standard InChI is InChI=1S/C18H21ClFN3O/c1-11(2)16-9-17(22(3)21-16)18(24)23(12-7-8-12)10-13-14(19)5-4-6-15(13)20/h4-6,9,11-12H,7-8,10H2,1-3H3. The molecule has 1 aliphatic rings. The van der Waals surface area contributed by atoms with E-state index in [9.17, 15) is 9.18 Å². The summed E-state index contributed by atoms with van der Waals surface area (Å²) in [5.41, 5.74) is 1.77. The molecule has 128 valence electrons.